The van der Waals surface area contributed by atoms with Crippen molar-refractivity contribution in [2.75, 3.05) is 13.1 Å². The number of fused-ring (bicyclic) bond motifs is 1. The van der Waals surface area contributed by atoms with Gasteiger partial charge in [0, 0.05) is 11.6 Å². The van der Waals surface area contributed by atoms with E-state index in [0.717, 1.165) is 36.2 Å². The SMILES string of the molecule is O=[N+]([O-])c1cnn(C[C@H](O)CN2CCC[C@@H]2c2nc3ccc(Cl)cc3[nH]2)c1. The molecule has 0 radical (unpaired) electrons. The molecule has 0 bridgehead atoms. The summed E-state index contributed by atoms with van der Waals surface area (Å²) < 4.78 is 1.40. The molecule has 1 aliphatic rings. The van der Waals surface area contributed by atoms with Crippen LogP contribution in [0.3, 0.4) is 0 Å². The number of benzene rings is 1. The number of hydrogen-bond acceptors (Lipinski definition) is 6. The lowest BCUT2D eigenvalue weighted by Gasteiger charge is -2.25. The molecule has 3 heterocycles. The second-order valence-corrected chi connectivity index (χ2v) is 7.20. The zero-order valence-electron chi connectivity index (χ0n) is 14.5. The van der Waals surface area contributed by atoms with Crippen molar-refractivity contribution < 1.29 is 10.0 Å². The number of aromatic nitrogens is 4. The monoisotopic (exact) mass is 390 g/mol. The Kier molecular flexibility index (Phi) is 4.81. The Bertz CT molecular complexity index is 971. The summed E-state index contributed by atoms with van der Waals surface area (Å²) in [4.78, 5) is 20.4. The summed E-state index contributed by atoms with van der Waals surface area (Å²) >= 11 is 6.04. The van der Waals surface area contributed by atoms with Gasteiger partial charge in [-0.15, -0.1) is 0 Å². The highest BCUT2D eigenvalue weighted by molar-refractivity contribution is 6.31. The summed E-state index contributed by atoms with van der Waals surface area (Å²) in [6.07, 6.45) is 3.79. The van der Waals surface area contributed by atoms with E-state index < -0.39 is 11.0 Å². The predicted octanol–water partition coefficient (Wildman–Crippen LogP) is 2.52. The van der Waals surface area contributed by atoms with Gasteiger partial charge in [-0.25, -0.2) is 4.98 Å². The fourth-order valence-corrected chi connectivity index (χ4v) is 3.78. The number of nitro groups is 1. The number of imidazole rings is 1. The van der Waals surface area contributed by atoms with Crippen molar-refractivity contribution in [2.45, 2.75) is 31.5 Å². The van der Waals surface area contributed by atoms with Crippen LogP contribution in [-0.2, 0) is 6.54 Å². The van der Waals surface area contributed by atoms with Crippen molar-refractivity contribution in [3.8, 4) is 0 Å². The van der Waals surface area contributed by atoms with Gasteiger partial charge in [-0.3, -0.25) is 19.7 Å². The van der Waals surface area contributed by atoms with E-state index in [0.29, 0.717) is 11.6 Å². The number of aromatic amines is 1. The van der Waals surface area contributed by atoms with Gasteiger partial charge in [0.1, 0.15) is 18.2 Å². The Balaban J connectivity index is 1.44. The van der Waals surface area contributed by atoms with Crippen LogP contribution in [0.25, 0.3) is 11.0 Å². The minimum absolute atomic E-state index is 0.0813. The van der Waals surface area contributed by atoms with Gasteiger partial charge in [0.2, 0.25) is 0 Å². The summed E-state index contributed by atoms with van der Waals surface area (Å²) in [7, 11) is 0. The van der Waals surface area contributed by atoms with Crippen molar-refractivity contribution in [1.82, 2.24) is 24.6 Å². The average molecular weight is 391 g/mol. The molecule has 9 nitrogen and oxygen atoms in total. The van der Waals surface area contributed by atoms with E-state index in [1.165, 1.54) is 17.1 Å². The van der Waals surface area contributed by atoms with Crippen LogP contribution in [0.1, 0.15) is 24.7 Å². The first-order valence-electron chi connectivity index (χ1n) is 8.74. The van der Waals surface area contributed by atoms with Crippen LogP contribution in [0.5, 0.6) is 0 Å². The second kappa shape index (κ2) is 7.26. The van der Waals surface area contributed by atoms with Crippen LogP contribution >= 0.6 is 11.6 Å². The highest BCUT2D eigenvalue weighted by Crippen LogP contribution is 2.32. The molecule has 142 valence electrons. The number of H-pyrrole nitrogens is 1. The van der Waals surface area contributed by atoms with Gasteiger partial charge in [0.15, 0.2) is 0 Å². The van der Waals surface area contributed by atoms with E-state index in [1.807, 2.05) is 18.2 Å². The molecule has 0 amide bonds. The average Bonchev–Trinajstić information content (AvgIpc) is 3.33. The molecular weight excluding hydrogens is 372 g/mol. The minimum Gasteiger partial charge on any atom is -0.390 e. The van der Waals surface area contributed by atoms with Crippen molar-refractivity contribution in [3.05, 3.63) is 51.6 Å². The molecule has 10 heteroatoms. The van der Waals surface area contributed by atoms with E-state index in [4.69, 9.17) is 11.6 Å². The quantitative estimate of drug-likeness (QED) is 0.494. The lowest BCUT2D eigenvalue weighted by molar-refractivity contribution is -0.385. The molecule has 0 unspecified atom stereocenters. The third-order valence-electron chi connectivity index (χ3n) is 4.82. The fraction of sp³-hybridized carbons (Fsp3) is 0.412. The molecular formula is C17H19ClN6O3. The summed E-state index contributed by atoms with van der Waals surface area (Å²) in [5.41, 5.74) is 1.68. The molecule has 27 heavy (non-hydrogen) atoms. The zero-order valence-corrected chi connectivity index (χ0v) is 15.2. The van der Waals surface area contributed by atoms with Crippen LogP contribution in [0, 0.1) is 10.1 Å². The Morgan fingerprint density at radius 2 is 2.30 bits per heavy atom. The first-order chi connectivity index (χ1) is 13.0. The lowest BCUT2D eigenvalue weighted by Crippen LogP contribution is -2.34. The van der Waals surface area contributed by atoms with Crippen molar-refractivity contribution in [3.63, 3.8) is 0 Å². The predicted molar refractivity (Wildman–Crippen MR) is 99.5 cm³/mol. The fourth-order valence-electron chi connectivity index (χ4n) is 3.60. The maximum Gasteiger partial charge on any atom is 0.306 e. The lowest BCUT2D eigenvalue weighted by atomic mass is 10.2. The number of nitrogens with zero attached hydrogens (tertiary/aromatic N) is 5. The van der Waals surface area contributed by atoms with Gasteiger partial charge in [-0.1, -0.05) is 11.6 Å². The Morgan fingerprint density at radius 1 is 1.44 bits per heavy atom. The first-order valence-corrected chi connectivity index (χ1v) is 9.11. The van der Waals surface area contributed by atoms with Gasteiger partial charge < -0.3 is 10.1 Å². The molecule has 1 fully saturated rings. The highest BCUT2D eigenvalue weighted by atomic mass is 35.5. The standard InChI is InChI=1S/C17H19ClN6O3/c18-11-3-4-14-15(6-11)21-17(20-14)16-2-1-5-22(16)9-13(25)10-23-8-12(7-19-23)24(26)27/h3-4,6-8,13,16,25H,1-2,5,9-10H2,(H,20,21)/t13-,16-/m1/s1. The van der Waals surface area contributed by atoms with Crippen LogP contribution < -0.4 is 0 Å². The summed E-state index contributed by atoms with van der Waals surface area (Å²) in [6.45, 7) is 1.50. The van der Waals surface area contributed by atoms with Crippen LogP contribution in [0.4, 0.5) is 5.69 Å². The molecule has 0 saturated carbocycles. The minimum atomic E-state index is -0.691. The number of β-amino-alcohol motifs (C(OH)–C–C–N with tert-alkyl or cyclic N) is 1. The molecule has 0 spiro atoms. The molecule has 0 aliphatic carbocycles. The first kappa shape index (κ1) is 17.9. The largest absolute Gasteiger partial charge is 0.390 e. The number of aliphatic hydroxyl groups excluding tert-OH is 1. The van der Waals surface area contributed by atoms with Crippen LogP contribution in [0.15, 0.2) is 30.6 Å². The van der Waals surface area contributed by atoms with Crippen molar-refractivity contribution >= 4 is 28.3 Å². The molecule has 4 rings (SSSR count). The number of likely N-dealkylation sites (tertiary alicyclic amines) is 1. The Morgan fingerprint density at radius 3 is 3.07 bits per heavy atom. The summed E-state index contributed by atoms with van der Waals surface area (Å²) in [6, 6.07) is 5.65. The summed E-state index contributed by atoms with van der Waals surface area (Å²) in [5.74, 6) is 0.867. The number of hydrogen-bond donors (Lipinski definition) is 2. The maximum absolute atomic E-state index is 10.7. The van der Waals surface area contributed by atoms with E-state index in [1.54, 1.807) is 0 Å². The maximum atomic E-state index is 10.7. The molecule has 2 N–H and O–H groups in total. The third kappa shape index (κ3) is 3.80. The van der Waals surface area contributed by atoms with Gasteiger partial charge in [-0.05, 0) is 37.6 Å². The van der Waals surface area contributed by atoms with Crippen LogP contribution in [0.2, 0.25) is 5.02 Å². The zero-order chi connectivity index (χ0) is 19.0. The van der Waals surface area contributed by atoms with Gasteiger partial charge in [0.25, 0.3) is 0 Å². The molecule has 3 aromatic rings. The Labute approximate surface area is 159 Å². The third-order valence-corrected chi connectivity index (χ3v) is 5.05. The molecule has 2 atom stereocenters. The number of halogens is 1. The van der Waals surface area contributed by atoms with E-state index >= 15 is 0 Å². The van der Waals surface area contributed by atoms with Crippen molar-refractivity contribution in [1.29, 1.82) is 0 Å². The number of rotatable bonds is 6. The van der Waals surface area contributed by atoms with Crippen molar-refractivity contribution in [2.24, 2.45) is 0 Å². The van der Waals surface area contributed by atoms with E-state index in [2.05, 4.69) is 20.0 Å². The molecule has 1 aliphatic heterocycles. The summed E-state index contributed by atoms with van der Waals surface area (Å²) in [5, 5.41) is 25.8. The second-order valence-electron chi connectivity index (χ2n) is 6.77. The van der Waals surface area contributed by atoms with E-state index in [-0.39, 0.29) is 18.3 Å². The normalized spacial score (nSPS) is 19.0. The smallest absolute Gasteiger partial charge is 0.306 e. The Hall–Kier alpha value is -2.49. The topological polar surface area (TPSA) is 113 Å². The van der Waals surface area contributed by atoms with Gasteiger partial charge in [-0.2, -0.15) is 5.10 Å². The number of nitrogens with one attached hydrogen (secondary N) is 1. The number of aliphatic hydroxyl groups is 1. The molecule has 1 aromatic carbocycles. The van der Waals surface area contributed by atoms with Crippen LogP contribution in [-0.4, -0.2) is 53.9 Å². The molecule has 2 aromatic heterocycles. The van der Waals surface area contributed by atoms with Gasteiger partial charge in [0.05, 0.1) is 34.6 Å². The van der Waals surface area contributed by atoms with Gasteiger partial charge >= 0.3 is 5.69 Å². The highest BCUT2D eigenvalue weighted by Gasteiger charge is 2.30. The molecule has 1 saturated heterocycles. The van der Waals surface area contributed by atoms with E-state index in [9.17, 15) is 15.2 Å².